The Labute approximate surface area is 115 Å². The van der Waals surface area contributed by atoms with Crippen LogP contribution in [-0.2, 0) is 4.79 Å². The molecule has 0 aliphatic carbocycles. The fourth-order valence-corrected chi connectivity index (χ4v) is 1.75. The highest BCUT2D eigenvalue weighted by atomic mass is 16.3. The maximum absolute atomic E-state index is 11.6. The number of nitrogens with one attached hydrogen (secondary N) is 2. The number of rotatable bonds is 8. The fraction of sp³-hybridized carbons (Fsp3) is 0.533. The summed E-state index contributed by atoms with van der Waals surface area (Å²) in [6, 6.07) is 9.44. The number of carbonyl (C=O) groups excluding carboxylic acids is 1. The first-order chi connectivity index (χ1) is 9.13. The van der Waals surface area contributed by atoms with Crippen molar-refractivity contribution >= 4 is 5.91 Å². The van der Waals surface area contributed by atoms with E-state index in [4.69, 9.17) is 0 Å². The molecule has 4 nitrogen and oxygen atoms in total. The van der Waals surface area contributed by atoms with Gasteiger partial charge in [0.25, 0.3) is 0 Å². The molecule has 19 heavy (non-hydrogen) atoms. The summed E-state index contributed by atoms with van der Waals surface area (Å²) in [5.74, 6) is 0.554. The van der Waals surface area contributed by atoms with Gasteiger partial charge in [-0.15, -0.1) is 0 Å². The number of hydrogen-bond acceptors (Lipinski definition) is 3. The van der Waals surface area contributed by atoms with Crippen molar-refractivity contribution in [1.82, 2.24) is 10.6 Å². The third-order valence-corrected chi connectivity index (χ3v) is 2.94. The normalized spacial score (nSPS) is 12.4. The van der Waals surface area contributed by atoms with Crippen LogP contribution in [0.15, 0.2) is 30.3 Å². The van der Waals surface area contributed by atoms with E-state index in [1.807, 2.05) is 30.3 Å². The SMILES string of the molecule is CC(C)CCNC(=O)CNC(CO)c1ccccc1. The Morgan fingerprint density at radius 2 is 1.95 bits per heavy atom. The molecule has 1 unspecified atom stereocenters. The first-order valence-electron chi connectivity index (χ1n) is 6.79. The average molecular weight is 264 g/mol. The van der Waals surface area contributed by atoms with Crippen LogP contribution in [-0.4, -0.2) is 30.7 Å². The fourth-order valence-electron chi connectivity index (χ4n) is 1.75. The molecule has 0 bridgehead atoms. The summed E-state index contributed by atoms with van der Waals surface area (Å²) in [5, 5.41) is 15.3. The highest BCUT2D eigenvalue weighted by molar-refractivity contribution is 5.78. The van der Waals surface area contributed by atoms with Gasteiger partial charge >= 0.3 is 0 Å². The van der Waals surface area contributed by atoms with Crippen LogP contribution in [0.4, 0.5) is 0 Å². The van der Waals surface area contributed by atoms with Gasteiger partial charge in [0.2, 0.25) is 5.91 Å². The van der Waals surface area contributed by atoms with Crippen LogP contribution in [0.25, 0.3) is 0 Å². The lowest BCUT2D eigenvalue weighted by atomic mass is 10.1. The second-order valence-electron chi connectivity index (χ2n) is 5.06. The minimum Gasteiger partial charge on any atom is -0.394 e. The quantitative estimate of drug-likeness (QED) is 0.666. The van der Waals surface area contributed by atoms with Gasteiger partial charge < -0.3 is 10.4 Å². The van der Waals surface area contributed by atoms with E-state index in [0.29, 0.717) is 12.5 Å². The summed E-state index contributed by atoms with van der Waals surface area (Å²) in [5.41, 5.74) is 0.986. The largest absolute Gasteiger partial charge is 0.394 e. The van der Waals surface area contributed by atoms with Crippen LogP contribution in [0.1, 0.15) is 31.9 Å². The Morgan fingerprint density at radius 3 is 2.53 bits per heavy atom. The number of benzene rings is 1. The van der Waals surface area contributed by atoms with Crippen molar-refractivity contribution in [2.45, 2.75) is 26.3 Å². The Balaban J connectivity index is 2.31. The second kappa shape index (κ2) is 8.67. The highest BCUT2D eigenvalue weighted by Crippen LogP contribution is 2.10. The topological polar surface area (TPSA) is 61.4 Å². The van der Waals surface area contributed by atoms with E-state index in [1.54, 1.807) is 0 Å². The molecule has 3 N–H and O–H groups in total. The molecular weight excluding hydrogens is 240 g/mol. The van der Waals surface area contributed by atoms with Crippen molar-refractivity contribution in [2.75, 3.05) is 19.7 Å². The van der Waals surface area contributed by atoms with Crippen LogP contribution in [0.3, 0.4) is 0 Å². The molecule has 1 rings (SSSR count). The average Bonchev–Trinajstić information content (AvgIpc) is 2.40. The first kappa shape index (κ1) is 15.7. The summed E-state index contributed by atoms with van der Waals surface area (Å²) in [7, 11) is 0. The van der Waals surface area contributed by atoms with Gasteiger partial charge in [0.15, 0.2) is 0 Å². The van der Waals surface area contributed by atoms with Crippen LogP contribution in [0.5, 0.6) is 0 Å². The summed E-state index contributed by atoms with van der Waals surface area (Å²) in [6.45, 7) is 5.15. The maximum Gasteiger partial charge on any atom is 0.233 e. The zero-order valence-corrected chi connectivity index (χ0v) is 11.7. The second-order valence-corrected chi connectivity index (χ2v) is 5.06. The Morgan fingerprint density at radius 1 is 1.26 bits per heavy atom. The lowest BCUT2D eigenvalue weighted by Crippen LogP contribution is -2.37. The smallest absolute Gasteiger partial charge is 0.233 e. The number of hydrogen-bond donors (Lipinski definition) is 3. The van der Waals surface area contributed by atoms with E-state index in [0.717, 1.165) is 12.0 Å². The van der Waals surface area contributed by atoms with E-state index in [-0.39, 0.29) is 25.1 Å². The summed E-state index contributed by atoms with van der Waals surface area (Å²) in [4.78, 5) is 11.6. The van der Waals surface area contributed by atoms with Gasteiger partial charge in [-0.05, 0) is 17.9 Å². The van der Waals surface area contributed by atoms with E-state index in [9.17, 15) is 9.90 Å². The maximum atomic E-state index is 11.6. The molecule has 4 heteroatoms. The number of aliphatic hydroxyl groups is 1. The molecule has 0 saturated carbocycles. The minimum atomic E-state index is -0.197. The van der Waals surface area contributed by atoms with Crippen molar-refractivity contribution in [2.24, 2.45) is 5.92 Å². The molecule has 0 saturated heterocycles. The third-order valence-electron chi connectivity index (χ3n) is 2.94. The lowest BCUT2D eigenvalue weighted by molar-refractivity contribution is -0.120. The number of carbonyl (C=O) groups is 1. The van der Waals surface area contributed by atoms with Gasteiger partial charge in [-0.1, -0.05) is 44.2 Å². The van der Waals surface area contributed by atoms with Crippen molar-refractivity contribution in [1.29, 1.82) is 0 Å². The molecule has 0 radical (unpaired) electrons. The van der Waals surface area contributed by atoms with Gasteiger partial charge in [-0.25, -0.2) is 0 Å². The molecule has 1 amide bonds. The van der Waals surface area contributed by atoms with Crippen LogP contribution < -0.4 is 10.6 Å². The van der Waals surface area contributed by atoms with E-state index in [1.165, 1.54) is 0 Å². The van der Waals surface area contributed by atoms with E-state index >= 15 is 0 Å². The molecule has 0 fully saturated rings. The van der Waals surface area contributed by atoms with Crippen LogP contribution >= 0.6 is 0 Å². The molecule has 0 aliphatic heterocycles. The monoisotopic (exact) mass is 264 g/mol. The molecule has 106 valence electrons. The van der Waals surface area contributed by atoms with Gasteiger partial charge in [-0.2, -0.15) is 0 Å². The summed E-state index contributed by atoms with van der Waals surface area (Å²) < 4.78 is 0. The molecule has 1 atom stereocenters. The summed E-state index contributed by atoms with van der Waals surface area (Å²) in [6.07, 6.45) is 0.980. The Kier molecular flexibility index (Phi) is 7.15. The van der Waals surface area contributed by atoms with Crippen LogP contribution in [0.2, 0.25) is 0 Å². The number of aliphatic hydroxyl groups excluding tert-OH is 1. The van der Waals surface area contributed by atoms with E-state index < -0.39 is 0 Å². The molecule has 1 aromatic rings. The molecule has 0 heterocycles. The van der Waals surface area contributed by atoms with Gasteiger partial charge in [0, 0.05) is 6.54 Å². The van der Waals surface area contributed by atoms with Gasteiger partial charge in [0.05, 0.1) is 19.2 Å². The standard InChI is InChI=1S/C15H24N2O2/c1-12(2)8-9-16-15(19)10-17-14(11-18)13-6-4-3-5-7-13/h3-7,12,14,17-18H,8-11H2,1-2H3,(H,16,19). The zero-order chi connectivity index (χ0) is 14.1. The predicted octanol–water partition coefficient (Wildman–Crippen LogP) is 1.47. The highest BCUT2D eigenvalue weighted by Gasteiger charge is 2.10. The molecule has 0 aliphatic rings. The Bertz CT molecular complexity index is 366. The Hall–Kier alpha value is -1.39. The van der Waals surface area contributed by atoms with E-state index in [2.05, 4.69) is 24.5 Å². The summed E-state index contributed by atoms with van der Waals surface area (Å²) >= 11 is 0. The van der Waals surface area contributed by atoms with Crippen molar-refractivity contribution in [3.63, 3.8) is 0 Å². The van der Waals surface area contributed by atoms with Gasteiger partial charge in [-0.3, -0.25) is 10.1 Å². The van der Waals surface area contributed by atoms with Gasteiger partial charge in [0.1, 0.15) is 0 Å². The molecule has 1 aromatic carbocycles. The molecule has 0 spiro atoms. The first-order valence-corrected chi connectivity index (χ1v) is 6.79. The predicted molar refractivity (Wildman–Crippen MR) is 76.7 cm³/mol. The van der Waals surface area contributed by atoms with Crippen molar-refractivity contribution in [3.05, 3.63) is 35.9 Å². The molecule has 0 aromatic heterocycles. The minimum absolute atomic E-state index is 0.0245. The third kappa shape index (κ3) is 6.36. The van der Waals surface area contributed by atoms with Crippen molar-refractivity contribution < 1.29 is 9.90 Å². The van der Waals surface area contributed by atoms with Crippen LogP contribution in [0, 0.1) is 5.92 Å². The number of amides is 1. The molecular formula is C15H24N2O2. The lowest BCUT2D eigenvalue weighted by Gasteiger charge is -2.16. The zero-order valence-electron chi connectivity index (χ0n) is 11.7. The van der Waals surface area contributed by atoms with Crippen molar-refractivity contribution in [3.8, 4) is 0 Å².